The third-order valence-corrected chi connectivity index (χ3v) is 3.78. The third kappa shape index (κ3) is 3.78. The van der Waals surface area contributed by atoms with Gasteiger partial charge < -0.3 is 0 Å². The molecule has 1 aromatic rings. The molecule has 0 aromatic heterocycles. The number of hydrogen-bond donors (Lipinski definition) is 0. The first kappa shape index (κ1) is 13.0. The maximum Gasteiger partial charge on any atom is 0.0551 e. The molecule has 0 atom stereocenters. The quantitative estimate of drug-likeness (QED) is 0.783. The van der Waals surface area contributed by atoms with E-state index in [2.05, 4.69) is 54.7 Å². The summed E-state index contributed by atoms with van der Waals surface area (Å²) in [5, 5.41) is 0.773. The predicted molar refractivity (Wildman–Crippen MR) is 70.4 cm³/mol. The Kier molecular flexibility index (Phi) is 4.21. The van der Waals surface area contributed by atoms with E-state index in [0.29, 0.717) is 0 Å². The average molecular weight is 291 g/mol. The van der Waals surface area contributed by atoms with Crippen molar-refractivity contribution < 1.29 is 0 Å². The Bertz CT molecular complexity index is 344. The Morgan fingerprint density at radius 1 is 1.33 bits per heavy atom. The molecule has 0 saturated heterocycles. The molecule has 0 bridgehead atoms. The number of halogens is 2. The van der Waals surface area contributed by atoms with E-state index in [9.17, 15) is 0 Å². The van der Waals surface area contributed by atoms with Crippen molar-refractivity contribution in [1.82, 2.24) is 4.90 Å². The van der Waals surface area contributed by atoms with Gasteiger partial charge in [0, 0.05) is 16.6 Å². The number of nitrogens with zero attached hydrogens (tertiary/aromatic N) is 1. The van der Waals surface area contributed by atoms with Crippen LogP contribution in [-0.4, -0.2) is 17.5 Å². The monoisotopic (exact) mass is 289 g/mol. The largest absolute Gasteiger partial charge is 0.297 e. The number of hydrogen-bond acceptors (Lipinski definition) is 1. The summed E-state index contributed by atoms with van der Waals surface area (Å²) >= 11 is 9.44. The summed E-state index contributed by atoms with van der Waals surface area (Å²) in [6.45, 7) is 7.52. The molecule has 84 valence electrons. The van der Waals surface area contributed by atoms with Crippen LogP contribution < -0.4 is 0 Å². The molecule has 0 saturated carbocycles. The highest BCUT2D eigenvalue weighted by atomic mass is 79.9. The van der Waals surface area contributed by atoms with Crippen LogP contribution in [0.3, 0.4) is 0 Å². The van der Waals surface area contributed by atoms with E-state index in [1.807, 2.05) is 12.1 Å². The lowest BCUT2D eigenvalue weighted by atomic mass is 10.1. The van der Waals surface area contributed by atoms with Gasteiger partial charge in [-0.05, 0) is 61.4 Å². The summed E-state index contributed by atoms with van der Waals surface area (Å²) in [5.41, 5.74) is 1.42. The van der Waals surface area contributed by atoms with Gasteiger partial charge in [0.2, 0.25) is 0 Å². The molecule has 0 unspecified atom stereocenters. The molecule has 15 heavy (non-hydrogen) atoms. The van der Waals surface area contributed by atoms with Crippen LogP contribution in [0.5, 0.6) is 0 Å². The summed E-state index contributed by atoms with van der Waals surface area (Å²) in [6, 6.07) is 6.10. The van der Waals surface area contributed by atoms with E-state index in [4.69, 9.17) is 11.6 Å². The van der Waals surface area contributed by atoms with Crippen LogP contribution in [0.15, 0.2) is 22.7 Å². The molecule has 0 spiro atoms. The smallest absolute Gasteiger partial charge is 0.0551 e. The molecular weight excluding hydrogens is 273 g/mol. The first-order valence-electron chi connectivity index (χ1n) is 4.96. The van der Waals surface area contributed by atoms with Gasteiger partial charge in [0.25, 0.3) is 0 Å². The molecular formula is C12H17BrClN. The lowest BCUT2D eigenvalue weighted by molar-refractivity contribution is 0.167. The van der Waals surface area contributed by atoms with Gasteiger partial charge >= 0.3 is 0 Å². The summed E-state index contributed by atoms with van der Waals surface area (Å²) in [5.74, 6) is 0. The molecule has 0 aliphatic heterocycles. The van der Waals surface area contributed by atoms with Gasteiger partial charge in [-0.25, -0.2) is 0 Å². The summed E-state index contributed by atoms with van der Waals surface area (Å²) in [7, 11) is 2.12. The van der Waals surface area contributed by atoms with Crippen molar-refractivity contribution in [2.75, 3.05) is 7.05 Å². The molecule has 1 aromatic carbocycles. The molecule has 0 heterocycles. The van der Waals surface area contributed by atoms with Crippen LogP contribution in [0.2, 0.25) is 5.02 Å². The van der Waals surface area contributed by atoms with Crippen molar-refractivity contribution in [3.8, 4) is 0 Å². The second kappa shape index (κ2) is 4.86. The highest BCUT2D eigenvalue weighted by Gasteiger charge is 2.16. The number of benzene rings is 1. The van der Waals surface area contributed by atoms with E-state index in [0.717, 1.165) is 16.0 Å². The topological polar surface area (TPSA) is 3.24 Å². The van der Waals surface area contributed by atoms with Crippen molar-refractivity contribution >= 4 is 27.5 Å². The Hall–Kier alpha value is -0.0500. The lowest BCUT2D eigenvalue weighted by Crippen LogP contribution is -2.37. The van der Waals surface area contributed by atoms with E-state index in [1.54, 1.807) is 0 Å². The first-order valence-corrected chi connectivity index (χ1v) is 6.13. The zero-order valence-corrected chi connectivity index (χ0v) is 12.0. The minimum absolute atomic E-state index is 0.180. The van der Waals surface area contributed by atoms with E-state index >= 15 is 0 Å². The lowest BCUT2D eigenvalue weighted by Gasteiger charge is -2.32. The Labute approximate surface area is 106 Å². The summed E-state index contributed by atoms with van der Waals surface area (Å²) < 4.78 is 0.950. The van der Waals surface area contributed by atoms with E-state index < -0.39 is 0 Å². The van der Waals surface area contributed by atoms with Crippen molar-refractivity contribution in [1.29, 1.82) is 0 Å². The molecule has 0 aliphatic rings. The van der Waals surface area contributed by atoms with Crippen LogP contribution in [0.1, 0.15) is 26.3 Å². The molecule has 0 N–H and O–H groups in total. The molecule has 0 radical (unpaired) electrons. The van der Waals surface area contributed by atoms with Gasteiger partial charge in [-0.2, -0.15) is 0 Å². The SMILES string of the molecule is CN(Cc1ccc(Br)c(Cl)c1)C(C)(C)C. The van der Waals surface area contributed by atoms with Gasteiger partial charge in [-0.15, -0.1) is 0 Å². The fraction of sp³-hybridized carbons (Fsp3) is 0.500. The molecule has 3 heteroatoms. The molecule has 0 fully saturated rings. The molecule has 1 rings (SSSR count). The standard InChI is InChI=1S/C12H17BrClN/c1-12(2,3)15(4)8-9-5-6-10(13)11(14)7-9/h5-7H,8H2,1-4H3. The van der Waals surface area contributed by atoms with Crippen LogP contribution in [0.25, 0.3) is 0 Å². The van der Waals surface area contributed by atoms with Gasteiger partial charge in [-0.1, -0.05) is 17.7 Å². The minimum atomic E-state index is 0.180. The molecule has 0 aliphatic carbocycles. The second-order valence-corrected chi connectivity index (χ2v) is 6.04. The van der Waals surface area contributed by atoms with Crippen molar-refractivity contribution in [3.63, 3.8) is 0 Å². The van der Waals surface area contributed by atoms with Crippen molar-refractivity contribution in [2.45, 2.75) is 32.9 Å². The molecule has 0 amide bonds. The fourth-order valence-electron chi connectivity index (χ4n) is 1.15. The zero-order chi connectivity index (χ0) is 11.6. The van der Waals surface area contributed by atoms with Crippen LogP contribution >= 0.6 is 27.5 Å². The minimum Gasteiger partial charge on any atom is -0.297 e. The van der Waals surface area contributed by atoms with Crippen LogP contribution in [0, 0.1) is 0 Å². The maximum absolute atomic E-state index is 6.05. The normalized spacial score (nSPS) is 12.2. The fourth-order valence-corrected chi connectivity index (χ4v) is 1.60. The highest BCUT2D eigenvalue weighted by Crippen LogP contribution is 2.24. The van der Waals surface area contributed by atoms with Crippen LogP contribution in [-0.2, 0) is 6.54 Å². The second-order valence-electron chi connectivity index (χ2n) is 4.78. The first-order chi connectivity index (χ1) is 6.80. The average Bonchev–Trinajstić information content (AvgIpc) is 2.10. The Morgan fingerprint density at radius 3 is 2.40 bits per heavy atom. The van der Waals surface area contributed by atoms with Crippen molar-refractivity contribution in [2.24, 2.45) is 0 Å². The zero-order valence-electron chi connectivity index (χ0n) is 9.64. The maximum atomic E-state index is 6.05. The van der Waals surface area contributed by atoms with Crippen LogP contribution in [0.4, 0.5) is 0 Å². The third-order valence-electron chi connectivity index (χ3n) is 2.55. The van der Waals surface area contributed by atoms with Gasteiger partial charge in [0.15, 0.2) is 0 Å². The van der Waals surface area contributed by atoms with E-state index in [1.165, 1.54) is 5.56 Å². The Balaban J connectivity index is 2.78. The highest BCUT2D eigenvalue weighted by molar-refractivity contribution is 9.10. The van der Waals surface area contributed by atoms with Gasteiger partial charge in [-0.3, -0.25) is 4.90 Å². The predicted octanol–water partition coefficient (Wildman–Crippen LogP) is 4.33. The Morgan fingerprint density at radius 2 is 1.93 bits per heavy atom. The van der Waals surface area contributed by atoms with Crippen molar-refractivity contribution in [3.05, 3.63) is 33.3 Å². The summed E-state index contributed by atoms with van der Waals surface area (Å²) in [4.78, 5) is 2.30. The summed E-state index contributed by atoms with van der Waals surface area (Å²) in [6.07, 6.45) is 0. The van der Waals surface area contributed by atoms with Gasteiger partial charge in [0.1, 0.15) is 0 Å². The van der Waals surface area contributed by atoms with Gasteiger partial charge in [0.05, 0.1) is 5.02 Å². The molecule has 1 nitrogen and oxygen atoms in total. The number of rotatable bonds is 2. The van der Waals surface area contributed by atoms with E-state index in [-0.39, 0.29) is 5.54 Å².